The first-order chi connectivity index (χ1) is 9.48. The number of carbonyl (C=O) groups is 1. The van der Waals surface area contributed by atoms with E-state index in [4.69, 9.17) is 16.7 Å². The number of aliphatic carboxylic acids is 1. The van der Waals surface area contributed by atoms with Crippen LogP contribution < -0.4 is 5.32 Å². The average molecular weight is 298 g/mol. The molecule has 4 nitrogen and oxygen atoms in total. The normalized spacial score (nSPS) is 26.4. The Kier molecular flexibility index (Phi) is 5.02. The summed E-state index contributed by atoms with van der Waals surface area (Å²) in [4.78, 5) is 10.9. The fourth-order valence-corrected chi connectivity index (χ4v) is 2.75. The number of benzene rings is 1. The van der Waals surface area contributed by atoms with Gasteiger partial charge in [-0.2, -0.15) is 0 Å². The number of hydrogen-bond acceptors (Lipinski definition) is 3. The molecule has 20 heavy (non-hydrogen) atoms. The third-order valence-electron chi connectivity index (χ3n) is 3.96. The predicted molar refractivity (Wildman–Crippen MR) is 77.7 cm³/mol. The van der Waals surface area contributed by atoms with Gasteiger partial charge in [-0.05, 0) is 43.4 Å². The van der Waals surface area contributed by atoms with E-state index in [1.165, 1.54) is 0 Å². The van der Waals surface area contributed by atoms with Crippen molar-refractivity contribution in [2.24, 2.45) is 5.92 Å². The quantitative estimate of drug-likeness (QED) is 0.781. The summed E-state index contributed by atoms with van der Waals surface area (Å²) in [6, 6.07) is 7.57. The van der Waals surface area contributed by atoms with Crippen LogP contribution in [0.3, 0.4) is 0 Å². The first-order valence-corrected chi connectivity index (χ1v) is 7.27. The van der Waals surface area contributed by atoms with Gasteiger partial charge in [-0.15, -0.1) is 0 Å². The Bertz CT molecular complexity index is 453. The maximum atomic E-state index is 10.9. The number of carboxylic acid groups (broad SMARTS) is 1. The third kappa shape index (κ3) is 4.20. The molecule has 0 amide bonds. The number of nitrogens with one attached hydrogen (secondary N) is 1. The zero-order valence-electron chi connectivity index (χ0n) is 11.3. The molecule has 1 saturated carbocycles. The van der Waals surface area contributed by atoms with E-state index in [1.54, 1.807) is 0 Å². The topological polar surface area (TPSA) is 69.6 Å². The summed E-state index contributed by atoms with van der Waals surface area (Å²) < 4.78 is 0. The van der Waals surface area contributed by atoms with E-state index in [-0.39, 0.29) is 5.92 Å². The Hall–Kier alpha value is -1.10. The van der Waals surface area contributed by atoms with Gasteiger partial charge in [0.05, 0.1) is 11.5 Å². The van der Waals surface area contributed by atoms with Crippen LogP contribution in [0.1, 0.15) is 31.2 Å². The minimum absolute atomic E-state index is 0.299. The summed E-state index contributed by atoms with van der Waals surface area (Å²) in [7, 11) is 0. The van der Waals surface area contributed by atoms with Crippen molar-refractivity contribution in [2.45, 2.75) is 37.8 Å². The van der Waals surface area contributed by atoms with Crippen LogP contribution in [0.5, 0.6) is 0 Å². The van der Waals surface area contributed by atoms with E-state index in [1.807, 2.05) is 24.3 Å². The lowest BCUT2D eigenvalue weighted by molar-refractivity contribution is -0.144. The van der Waals surface area contributed by atoms with E-state index < -0.39 is 11.6 Å². The molecule has 0 spiro atoms. The zero-order chi connectivity index (χ0) is 14.6. The Morgan fingerprint density at radius 1 is 1.30 bits per heavy atom. The van der Waals surface area contributed by atoms with Crippen LogP contribution in [0.15, 0.2) is 24.3 Å². The maximum absolute atomic E-state index is 10.9. The van der Waals surface area contributed by atoms with E-state index in [2.05, 4.69) is 5.32 Å². The van der Waals surface area contributed by atoms with Crippen molar-refractivity contribution in [3.8, 4) is 0 Å². The van der Waals surface area contributed by atoms with Gasteiger partial charge in [-0.25, -0.2) is 0 Å². The summed E-state index contributed by atoms with van der Waals surface area (Å²) in [6.07, 6.45) is 2.18. The van der Waals surface area contributed by atoms with Crippen molar-refractivity contribution < 1.29 is 15.0 Å². The summed E-state index contributed by atoms with van der Waals surface area (Å²) in [6.45, 7) is 1.16. The number of aliphatic hydroxyl groups is 1. The molecule has 0 aliphatic heterocycles. The molecule has 3 N–H and O–H groups in total. The molecular formula is C15H20ClNO3. The molecule has 0 atom stereocenters. The fourth-order valence-electron chi connectivity index (χ4n) is 2.62. The Balaban J connectivity index is 1.76. The second-order valence-corrected chi connectivity index (χ2v) is 6.00. The smallest absolute Gasteiger partial charge is 0.306 e. The van der Waals surface area contributed by atoms with Crippen LogP contribution in [0, 0.1) is 5.92 Å². The van der Waals surface area contributed by atoms with Gasteiger partial charge < -0.3 is 15.5 Å². The van der Waals surface area contributed by atoms with Crippen molar-refractivity contribution in [2.75, 3.05) is 6.54 Å². The largest absolute Gasteiger partial charge is 0.481 e. The highest BCUT2D eigenvalue weighted by Gasteiger charge is 2.35. The van der Waals surface area contributed by atoms with Gasteiger partial charge >= 0.3 is 5.97 Å². The summed E-state index contributed by atoms with van der Waals surface area (Å²) in [5.74, 6) is -1.05. The lowest BCUT2D eigenvalue weighted by atomic mass is 9.79. The first kappa shape index (κ1) is 15.3. The molecule has 0 radical (unpaired) electrons. The van der Waals surface area contributed by atoms with Crippen molar-refractivity contribution >= 4 is 17.6 Å². The molecular weight excluding hydrogens is 278 g/mol. The summed E-state index contributed by atoms with van der Waals surface area (Å²) >= 11 is 5.82. The number of carboxylic acids is 1. The van der Waals surface area contributed by atoms with E-state index in [0.717, 1.165) is 5.56 Å². The number of halogens is 1. The lowest BCUT2D eigenvalue weighted by Gasteiger charge is -2.34. The van der Waals surface area contributed by atoms with Crippen LogP contribution in [0.4, 0.5) is 0 Å². The van der Waals surface area contributed by atoms with Crippen molar-refractivity contribution in [3.63, 3.8) is 0 Å². The molecule has 0 aromatic heterocycles. The molecule has 1 aromatic carbocycles. The van der Waals surface area contributed by atoms with Crippen LogP contribution >= 0.6 is 11.6 Å². The Morgan fingerprint density at radius 2 is 1.90 bits per heavy atom. The molecule has 0 saturated heterocycles. The van der Waals surface area contributed by atoms with Crippen molar-refractivity contribution in [1.82, 2.24) is 5.32 Å². The Morgan fingerprint density at radius 3 is 2.45 bits per heavy atom. The minimum atomic E-state index is -0.779. The SMILES string of the molecule is O=C(O)C1CCC(O)(CNCc2ccc(Cl)cc2)CC1. The van der Waals surface area contributed by atoms with Crippen molar-refractivity contribution in [1.29, 1.82) is 0 Å². The third-order valence-corrected chi connectivity index (χ3v) is 4.21. The molecule has 0 unspecified atom stereocenters. The molecule has 110 valence electrons. The van der Waals surface area contributed by atoms with Gasteiger partial charge in [0.25, 0.3) is 0 Å². The number of rotatable bonds is 5. The highest BCUT2D eigenvalue weighted by atomic mass is 35.5. The zero-order valence-corrected chi connectivity index (χ0v) is 12.1. The molecule has 1 fully saturated rings. The summed E-state index contributed by atoms with van der Waals surface area (Å²) in [5, 5.41) is 23.3. The maximum Gasteiger partial charge on any atom is 0.306 e. The molecule has 1 aromatic rings. The van der Waals surface area contributed by atoms with Gasteiger partial charge in [0.1, 0.15) is 0 Å². The molecule has 0 heterocycles. The van der Waals surface area contributed by atoms with Gasteiger partial charge in [0.2, 0.25) is 0 Å². The monoisotopic (exact) mass is 297 g/mol. The second-order valence-electron chi connectivity index (χ2n) is 5.57. The Labute approximate surface area is 123 Å². The lowest BCUT2D eigenvalue weighted by Crippen LogP contribution is -2.44. The fraction of sp³-hybridized carbons (Fsp3) is 0.533. The summed E-state index contributed by atoms with van der Waals surface area (Å²) in [5.41, 5.74) is 0.329. The van der Waals surface area contributed by atoms with Crippen LogP contribution in [0.25, 0.3) is 0 Å². The van der Waals surface area contributed by atoms with Crippen LogP contribution in [0.2, 0.25) is 5.02 Å². The first-order valence-electron chi connectivity index (χ1n) is 6.89. The standard InChI is InChI=1S/C15H20ClNO3/c16-13-3-1-11(2-4-13)9-17-10-15(20)7-5-12(6-8-15)14(18)19/h1-4,12,17,20H,5-10H2,(H,18,19). The van der Waals surface area contributed by atoms with Crippen LogP contribution in [-0.2, 0) is 11.3 Å². The average Bonchev–Trinajstić information content (AvgIpc) is 2.41. The van der Waals surface area contributed by atoms with Gasteiger partial charge in [-0.1, -0.05) is 23.7 Å². The molecule has 1 aliphatic carbocycles. The number of hydrogen-bond donors (Lipinski definition) is 3. The van der Waals surface area contributed by atoms with Crippen molar-refractivity contribution in [3.05, 3.63) is 34.9 Å². The highest BCUT2D eigenvalue weighted by Crippen LogP contribution is 2.31. The van der Waals surface area contributed by atoms with E-state index in [0.29, 0.717) is 43.8 Å². The molecule has 2 rings (SSSR count). The van der Waals surface area contributed by atoms with Gasteiger partial charge in [0.15, 0.2) is 0 Å². The van der Waals surface area contributed by atoms with Crippen LogP contribution in [-0.4, -0.2) is 28.3 Å². The van der Waals surface area contributed by atoms with Gasteiger partial charge in [-0.3, -0.25) is 4.79 Å². The molecule has 0 bridgehead atoms. The van der Waals surface area contributed by atoms with Gasteiger partial charge in [0, 0.05) is 18.1 Å². The minimum Gasteiger partial charge on any atom is -0.481 e. The predicted octanol–water partition coefficient (Wildman–Crippen LogP) is 2.44. The van der Waals surface area contributed by atoms with E-state index >= 15 is 0 Å². The molecule has 1 aliphatic rings. The second kappa shape index (κ2) is 6.57. The molecule has 5 heteroatoms. The van der Waals surface area contributed by atoms with E-state index in [9.17, 15) is 9.90 Å². The highest BCUT2D eigenvalue weighted by molar-refractivity contribution is 6.30.